The van der Waals surface area contributed by atoms with Gasteiger partial charge >= 0.3 is 5.97 Å². The summed E-state index contributed by atoms with van der Waals surface area (Å²) in [5, 5.41) is 9.14. The summed E-state index contributed by atoms with van der Waals surface area (Å²) in [7, 11) is 0. The van der Waals surface area contributed by atoms with Gasteiger partial charge in [-0.2, -0.15) is 0 Å². The number of carboxylic acid groups (broad SMARTS) is 1. The molecular weight excluding hydrogens is 266 g/mol. The molecule has 0 radical (unpaired) electrons. The predicted molar refractivity (Wildman–Crippen MR) is 86.2 cm³/mol. The number of rotatable bonds is 13. The van der Waals surface area contributed by atoms with E-state index in [0.717, 1.165) is 32.1 Å². The molecule has 122 valence electrons. The predicted octanol–water partition coefficient (Wildman–Crippen LogP) is 4.00. The number of carbonyl (C=O) groups excluding carboxylic acids is 1. The summed E-state index contributed by atoms with van der Waals surface area (Å²) in [4.78, 5) is 24.8. The maximum atomic E-state index is 12.2. The highest BCUT2D eigenvalue weighted by Crippen LogP contribution is 2.11. The molecule has 0 aromatic carbocycles. The van der Waals surface area contributed by atoms with Crippen LogP contribution in [0.25, 0.3) is 0 Å². The highest BCUT2D eigenvalue weighted by molar-refractivity contribution is 5.83. The number of aliphatic carboxylic acids is 1. The van der Waals surface area contributed by atoms with Gasteiger partial charge in [-0.3, -0.25) is 4.79 Å². The van der Waals surface area contributed by atoms with E-state index in [1.165, 1.54) is 24.2 Å². The lowest BCUT2D eigenvalue weighted by atomic mass is 10.1. The fourth-order valence-corrected chi connectivity index (χ4v) is 2.27. The third kappa shape index (κ3) is 9.27. The van der Waals surface area contributed by atoms with Gasteiger partial charge in [-0.1, -0.05) is 45.1 Å². The fourth-order valence-electron chi connectivity index (χ4n) is 2.27. The number of nitrogens with zero attached hydrogens (tertiary/aromatic N) is 1. The van der Waals surface area contributed by atoms with Gasteiger partial charge < -0.3 is 10.0 Å². The molecule has 0 aliphatic heterocycles. The zero-order chi connectivity index (χ0) is 16.1. The van der Waals surface area contributed by atoms with Crippen LogP contribution >= 0.6 is 0 Å². The van der Waals surface area contributed by atoms with Crippen molar-refractivity contribution in [2.45, 2.75) is 77.7 Å². The second kappa shape index (κ2) is 12.4. The minimum atomic E-state index is -0.932. The number of allylic oxidation sites excluding steroid dienone is 1. The molecule has 0 saturated heterocycles. The van der Waals surface area contributed by atoms with Crippen LogP contribution in [0.2, 0.25) is 0 Å². The lowest BCUT2D eigenvalue weighted by molar-refractivity contribution is -0.149. The molecule has 21 heavy (non-hydrogen) atoms. The molecule has 0 aromatic rings. The highest BCUT2D eigenvalue weighted by Gasteiger charge is 2.24. The molecule has 0 unspecified atom stereocenters. The fraction of sp³-hybridized carbons (Fsp3) is 0.765. The average Bonchev–Trinajstić information content (AvgIpc) is 2.46. The van der Waals surface area contributed by atoms with E-state index < -0.39 is 12.0 Å². The first-order chi connectivity index (χ1) is 10.0. The molecule has 4 heteroatoms. The summed E-state index contributed by atoms with van der Waals surface area (Å²) < 4.78 is 0. The van der Waals surface area contributed by atoms with E-state index >= 15 is 0 Å². The van der Waals surface area contributed by atoms with Crippen molar-refractivity contribution in [2.24, 2.45) is 0 Å². The minimum Gasteiger partial charge on any atom is -0.480 e. The van der Waals surface area contributed by atoms with E-state index in [4.69, 9.17) is 5.11 Å². The number of carbonyl (C=O) groups is 2. The smallest absolute Gasteiger partial charge is 0.326 e. The largest absolute Gasteiger partial charge is 0.480 e. The third-order valence-electron chi connectivity index (χ3n) is 3.70. The summed E-state index contributed by atoms with van der Waals surface area (Å²) in [6, 6.07) is -0.739. The number of amides is 1. The van der Waals surface area contributed by atoms with Crippen molar-refractivity contribution >= 4 is 11.9 Å². The highest BCUT2D eigenvalue weighted by atomic mass is 16.4. The summed E-state index contributed by atoms with van der Waals surface area (Å²) in [6.45, 7) is 7.95. The standard InChI is InChI=1S/C17H31NO3/c1-4-6-8-9-10-12-14-18(15(3)17(20)21)16(19)13-11-7-5-2/h5,15H,2,4,6-14H2,1,3H3,(H,20,21)/t15-/m0/s1. The van der Waals surface area contributed by atoms with Crippen molar-refractivity contribution in [1.29, 1.82) is 0 Å². The van der Waals surface area contributed by atoms with E-state index in [1.54, 1.807) is 13.0 Å². The molecule has 0 aliphatic rings. The number of hydrogen-bond acceptors (Lipinski definition) is 2. The van der Waals surface area contributed by atoms with Gasteiger partial charge in [-0.25, -0.2) is 4.79 Å². The lowest BCUT2D eigenvalue weighted by Gasteiger charge is -2.26. The molecule has 0 spiro atoms. The van der Waals surface area contributed by atoms with Crippen LogP contribution in [0.1, 0.15) is 71.6 Å². The summed E-state index contributed by atoms with van der Waals surface area (Å²) in [5.74, 6) is -0.988. The first-order valence-corrected chi connectivity index (χ1v) is 8.17. The van der Waals surface area contributed by atoms with Crippen LogP contribution in [0.5, 0.6) is 0 Å². The zero-order valence-electron chi connectivity index (χ0n) is 13.6. The van der Waals surface area contributed by atoms with Crippen LogP contribution in [0, 0.1) is 0 Å². The molecule has 0 fully saturated rings. The van der Waals surface area contributed by atoms with Gasteiger partial charge in [-0.15, -0.1) is 6.58 Å². The second-order valence-electron chi connectivity index (χ2n) is 5.55. The van der Waals surface area contributed by atoms with Crippen molar-refractivity contribution < 1.29 is 14.7 Å². The average molecular weight is 297 g/mol. The van der Waals surface area contributed by atoms with E-state index in [-0.39, 0.29) is 5.91 Å². The quantitative estimate of drug-likeness (QED) is 0.413. The monoisotopic (exact) mass is 297 g/mol. The Kier molecular flexibility index (Phi) is 11.6. The Hall–Kier alpha value is -1.32. The van der Waals surface area contributed by atoms with E-state index in [0.29, 0.717) is 13.0 Å². The van der Waals surface area contributed by atoms with E-state index in [2.05, 4.69) is 13.5 Å². The first kappa shape index (κ1) is 19.7. The van der Waals surface area contributed by atoms with Gasteiger partial charge in [0.2, 0.25) is 5.91 Å². The van der Waals surface area contributed by atoms with Crippen molar-refractivity contribution in [2.75, 3.05) is 6.54 Å². The van der Waals surface area contributed by atoms with Gasteiger partial charge in [-0.05, 0) is 26.2 Å². The molecule has 0 heterocycles. The van der Waals surface area contributed by atoms with Crippen molar-refractivity contribution in [3.05, 3.63) is 12.7 Å². The van der Waals surface area contributed by atoms with Gasteiger partial charge in [0.25, 0.3) is 0 Å². The van der Waals surface area contributed by atoms with Gasteiger partial charge in [0.15, 0.2) is 0 Å². The molecule has 4 nitrogen and oxygen atoms in total. The van der Waals surface area contributed by atoms with Crippen molar-refractivity contribution in [3.63, 3.8) is 0 Å². The van der Waals surface area contributed by atoms with E-state index in [1.807, 2.05) is 0 Å². The minimum absolute atomic E-state index is 0.0553. The topological polar surface area (TPSA) is 57.6 Å². The molecule has 0 bridgehead atoms. The second-order valence-corrected chi connectivity index (χ2v) is 5.55. The SMILES string of the molecule is C=CCCCC(=O)N(CCCCCCCC)[C@@H](C)C(=O)O. The van der Waals surface area contributed by atoms with Crippen LogP contribution < -0.4 is 0 Å². The number of hydrogen-bond donors (Lipinski definition) is 1. The van der Waals surface area contributed by atoms with Crippen molar-refractivity contribution in [1.82, 2.24) is 4.90 Å². The Bertz CT molecular complexity index is 315. The Labute approximate surface area is 129 Å². The van der Waals surface area contributed by atoms with E-state index in [9.17, 15) is 9.59 Å². The molecule has 0 aliphatic carbocycles. The van der Waals surface area contributed by atoms with Crippen LogP contribution in [0.3, 0.4) is 0 Å². The Morgan fingerprint density at radius 2 is 1.76 bits per heavy atom. The molecule has 1 atom stereocenters. The van der Waals surface area contributed by atoms with Gasteiger partial charge in [0.05, 0.1) is 0 Å². The lowest BCUT2D eigenvalue weighted by Crippen LogP contribution is -2.43. The third-order valence-corrected chi connectivity index (χ3v) is 3.70. The van der Waals surface area contributed by atoms with Crippen LogP contribution in [-0.4, -0.2) is 34.5 Å². The Morgan fingerprint density at radius 1 is 1.14 bits per heavy atom. The van der Waals surface area contributed by atoms with Gasteiger partial charge in [0.1, 0.15) is 6.04 Å². The molecular formula is C17H31NO3. The molecule has 1 amide bonds. The molecule has 0 saturated carbocycles. The Morgan fingerprint density at radius 3 is 2.33 bits per heavy atom. The van der Waals surface area contributed by atoms with Gasteiger partial charge in [0, 0.05) is 13.0 Å². The summed E-state index contributed by atoms with van der Waals surface area (Å²) in [6.07, 6.45) is 10.5. The van der Waals surface area contributed by atoms with Crippen LogP contribution in [-0.2, 0) is 9.59 Å². The maximum absolute atomic E-state index is 12.2. The summed E-state index contributed by atoms with van der Waals surface area (Å²) in [5.41, 5.74) is 0. The Balaban J connectivity index is 4.23. The number of unbranched alkanes of at least 4 members (excludes halogenated alkanes) is 6. The molecule has 0 rings (SSSR count). The van der Waals surface area contributed by atoms with Crippen LogP contribution in [0.15, 0.2) is 12.7 Å². The summed E-state index contributed by atoms with van der Waals surface area (Å²) >= 11 is 0. The first-order valence-electron chi connectivity index (χ1n) is 8.17. The van der Waals surface area contributed by atoms with Crippen molar-refractivity contribution in [3.8, 4) is 0 Å². The number of carboxylic acids is 1. The zero-order valence-corrected chi connectivity index (χ0v) is 13.6. The molecule has 0 aromatic heterocycles. The maximum Gasteiger partial charge on any atom is 0.326 e. The molecule has 1 N–H and O–H groups in total. The normalized spacial score (nSPS) is 11.9. The van der Waals surface area contributed by atoms with Crippen LogP contribution in [0.4, 0.5) is 0 Å².